The molecule has 3 rings (SSSR count). The first-order valence-corrected chi connectivity index (χ1v) is 11.8. The van der Waals surface area contributed by atoms with E-state index in [4.69, 9.17) is 4.74 Å². The fourth-order valence-corrected chi connectivity index (χ4v) is 4.80. The lowest BCUT2D eigenvalue weighted by Crippen LogP contribution is -2.14. The number of nitrogens with zero attached hydrogens (tertiary/aromatic N) is 1. The van der Waals surface area contributed by atoms with E-state index in [9.17, 15) is 13.2 Å². The molecule has 0 spiro atoms. The van der Waals surface area contributed by atoms with Crippen LogP contribution in [0.15, 0.2) is 58.8 Å². The van der Waals surface area contributed by atoms with Crippen LogP contribution in [0.5, 0.6) is 5.75 Å². The van der Waals surface area contributed by atoms with Gasteiger partial charge in [-0.25, -0.2) is 13.4 Å². The van der Waals surface area contributed by atoms with Crippen molar-refractivity contribution in [3.05, 3.63) is 65.2 Å². The van der Waals surface area contributed by atoms with Gasteiger partial charge in [0.05, 0.1) is 17.7 Å². The van der Waals surface area contributed by atoms with E-state index in [1.165, 1.54) is 30.6 Å². The Kier molecular flexibility index (Phi) is 7.07. The molecule has 1 heterocycles. The van der Waals surface area contributed by atoms with E-state index in [0.717, 1.165) is 17.7 Å². The number of benzene rings is 2. The Balaban J connectivity index is 1.57. The molecule has 3 aromatic rings. The smallest absolute Gasteiger partial charge is 0.263 e. The number of para-hydroxylation sites is 1. The van der Waals surface area contributed by atoms with Crippen molar-refractivity contribution >= 4 is 38.1 Å². The summed E-state index contributed by atoms with van der Waals surface area (Å²) in [6, 6.07) is 13.8. The van der Waals surface area contributed by atoms with Crippen molar-refractivity contribution < 1.29 is 17.9 Å². The molecule has 2 aromatic carbocycles. The lowest BCUT2D eigenvalue weighted by molar-refractivity contribution is -0.116. The minimum Gasteiger partial charge on any atom is -0.497 e. The van der Waals surface area contributed by atoms with E-state index in [-0.39, 0.29) is 22.4 Å². The van der Waals surface area contributed by atoms with Crippen molar-refractivity contribution in [2.24, 2.45) is 0 Å². The quantitative estimate of drug-likeness (QED) is 0.517. The molecule has 0 saturated carbocycles. The average molecular weight is 446 g/mol. The molecular weight excluding hydrogens is 422 g/mol. The van der Waals surface area contributed by atoms with Crippen LogP contribution in [0.2, 0.25) is 0 Å². The maximum absolute atomic E-state index is 12.5. The third-order valence-corrected chi connectivity index (χ3v) is 6.71. The second-order valence-corrected chi connectivity index (χ2v) is 9.02. The van der Waals surface area contributed by atoms with Gasteiger partial charge in [0.1, 0.15) is 5.75 Å². The predicted octanol–water partition coefficient (Wildman–Crippen LogP) is 4.09. The molecule has 0 aliphatic rings. The van der Waals surface area contributed by atoms with Crippen LogP contribution < -0.4 is 14.8 Å². The molecule has 7 nitrogen and oxygen atoms in total. The van der Waals surface area contributed by atoms with Gasteiger partial charge in [-0.05, 0) is 48.7 Å². The van der Waals surface area contributed by atoms with E-state index in [1.807, 2.05) is 31.2 Å². The lowest BCUT2D eigenvalue weighted by Gasteiger charge is -2.09. The largest absolute Gasteiger partial charge is 0.497 e. The third kappa shape index (κ3) is 5.58. The molecule has 0 saturated heterocycles. The SMILES string of the molecule is CCc1ccccc1NC(=O)CCc1csc(NS(=O)(=O)c2ccc(OC)cc2)n1. The fourth-order valence-electron chi connectivity index (χ4n) is 2.80. The Hall–Kier alpha value is -2.91. The summed E-state index contributed by atoms with van der Waals surface area (Å²) in [4.78, 5) is 16.7. The molecule has 9 heteroatoms. The van der Waals surface area contributed by atoms with Crippen molar-refractivity contribution in [1.82, 2.24) is 4.98 Å². The summed E-state index contributed by atoms with van der Waals surface area (Å²) in [7, 11) is -2.23. The number of ether oxygens (including phenoxy) is 1. The minimum absolute atomic E-state index is 0.107. The topological polar surface area (TPSA) is 97.4 Å². The number of carbonyl (C=O) groups excluding carboxylic acids is 1. The van der Waals surface area contributed by atoms with E-state index in [2.05, 4.69) is 15.0 Å². The van der Waals surface area contributed by atoms with Crippen LogP contribution in [0, 0.1) is 0 Å². The Labute approximate surface area is 180 Å². The number of aromatic nitrogens is 1. The van der Waals surface area contributed by atoms with Gasteiger partial charge in [0.15, 0.2) is 5.13 Å². The average Bonchev–Trinajstić information content (AvgIpc) is 3.19. The second-order valence-electron chi connectivity index (χ2n) is 6.48. The number of hydrogen-bond donors (Lipinski definition) is 2. The molecule has 0 atom stereocenters. The van der Waals surface area contributed by atoms with Crippen molar-refractivity contribution in [3.8, 4) is 5.75 Å². The van der Waals surface area contributed by atoms with Gasteiger partial charge >= 0.3 is 0 Å². The summed E-state index contributed by atoms with van der Waals surface area (Å²) in [6.07, 6.45) is 1.51. The summed E-state index contributed by atoms with van der Waals surface area (Å²) in [5.74, 6) is 0.467. The molecule has 2 N–H and O–H groups in total. The van der Waals surface area contributed by atoms with Gasteiger partial charge in [-0.1, -0.05) is 25.1 Å². The van der Waals surface area contributed by atoms with Crippen molar-refractivity contribution in [3.63, 3.8) is 0 Å². The highest BCUT2D eigenvalue weighted by atomic mass is 32.2. The number of anilines is 2. The molecule has 0 fully saturated rings. The molecule has 1 aromatic heterocycles. The molecule has 0 unspecified atom stereocenters. The predicted molar refractivity (Wildman–Crippen MR) is 119 cm³/mol. The zero-order chi connectivity index (χ0) is 21.6. The van der Waals surface area contributed by atoms with E-state index in [1.54, 1.807) is 17.5 Å². The van der Waals surface area contributed by atoms with Gasteiger partial charge in [0.2, 0.25) is 5.91 Å². The Morgan fingerprint density at radius 2 is 1.87 bits per heavy atom. The van der Waals surface area contributed by atoms with Gasteiger partial charge in [-0.3, -0.25) is 9.52 Å². The first-order chi connectivity index (χ1) is 14.4. The van der Waals surface area contributed by atoms with Crippen LogP contribution in [-0.4, -0.2) is 26.4 Å². The number of amides is 1. The normalized spacial score (nSPS) is 11.1. The first-order valence-electron chi connectivity index (χ1n) is 9.40. The highest BCUT2D eigenvalue weighted by Gasteiger charge is 2.16. The molecule has 0 radical (unpaired) electrons. The van der Waals surface area contributed by atoms with Crippen LogP contribution >= 0.6 is 11.3 Å². The van der Waals surface area contributed by atoms with Gasteiger partial charge < -0.3 is 10.1 Å². The second kappa shape index (κ2) is 9.73. The number of thiazole rings is 1. The highest BCUT2D eigenvalue weighted by Crippen LogP contribution is 2.22. The van der Waals surface area contributed by atoms with Crippen LogP contribution in [0.1, 0.15) is 24.6 Å². The number of nitrogens with one attached hydrogen (secondary N) is 2. The zero-order valence-corrected chi connectivity index (χ0v) is 18.3. The van der Waals surface area contributed by atoms with Crippen LogP contribution in [0.4, 0.5) is 10.8 Å². The summed E-state index contributed by atoms with van der Waals surface area (Å²) in [6.45, 7) is 2.04. The van der Waals surface area contributed by atoms with E-state index >= 15 is 0 Å². The molecule has 0 aliphatic carbocycles. The zero-order valence-electron chi connectivity index (χ0n) is 16.7. The number of aryl methyl sites for hydroxylation is 2. The minimum atomic E-state index is -3.74. The summed E-state index contributed by atoms with van der Waals surface area (Å²) >= 11 is 1.18. The number of methoxy groups -OCH3 is 1. The van der Waals surface area contributed by atoms with Gasteiger partial charge in [0.25, 0.3) is 10.0 Å². The first kappa shape index (κ1) is 21.8. The molecule has 158 valence electrons. The van der Waals surface area contributed by atoms with Gasteiger partial charge in [-0.2, -0.15) is 0 Å². The number of sulfonamides is 1. The number of hydrogen-bond acceptors (Lipinski definition) is 6. The van der Waals surface area contributed by atoms with Crippen molar-refractivity contribution in [2.45, 2.75) is 31.1 Å². The number of rotatable bonds is 9. The molecule has 30 heavy (non-hydrogen) atoms. The van der Waals surface area contributed by atoms with E-state index in [0.29, 0.717) is 17.9 Å². The molecule has 0 aliphatic heterocycles. The van der Waals surface area contributed by atoms with Crippen molar-refractivity contribution in [1.29, 1.82) is 0 Å². The standard InChI is InChI=1S/C21H23N3O4S2/c1-3-15-6-4-5-7-19(15)23-20(25)13-8-16-14-29-21(22-16)24-30(26,27)18-11-9-17(28-2)10-12-18/h4-7,9-12,14H,3,8,13H2,1-2H3,(H,22,24)(H,23,25). The number of carbonyl (C=O) groups is 1. The Bertz CT molecular complexity index is 1110. The van der Waals surface area contributed by atoms with Gasteiger partial charge in [-0.15, -0.1) is 11.3 Å². The maximum atomic E-state index is 12.5. The van der Waals surface area contributed by atoms with Crippen LogP contribution in [0.3, 0.4) is 0 Å². The summed E-state index contributed by atoms with van der Waals surface area (Å²) in [5, 5.41) is 4.93. The molecule has 0 bridgehead atoms. The Morgan fingerprint density at radius 3 is 2.57 bits per heavy atom. The van der Waals surface area contributed by atoms with E-state index < -0.39 is 10.0 Å². The molecular formula is C21H23N3O4S2. The van der Waals surface area contributed by atoms with Crippen molar-refractivity contribution in [2.75, 3.05) is 17.1 Å². The Morgan fingerprint density at radius 1 is 1.13 bits per heavy atom. The highest BCUT2D eigenvalue weighted by molar-refractivity contribution is 7.93. The van der Waals surface area contributed by atoms with Gasteiger partial charge in [0, 0.05) is 17.5 Å². The third-order valence-electron chi connectivity index (χ3n) is 4.42. The molecule has 1 amide bonds. The lowest BCUT2D eigenvalue weighted by atomic mass is 10.1. The maximum Gasteiger partial charge on any atom is 0.263 e. The monoisotopic (exact) mass is 445 g/mol. The summed E-state index contributed by atoms with van der Waals surface area (Å²) < 4.78 is 32.5. The summed E-state index contributed by atoms with van der Waals surface area (Å²) in [5.41, 5.74) is 2.55. The fraction of sp³-hybridized carbons (Fsp3) is 0.238. The van der Waals surface area contributed by atoms with Crippen LogP contribution in [0.25, 0.3) is 0 Å². The van der Waals surface area contributed by atoms with Crippen LogP contribution in [-0.2, 0) is 27.7 Å².